The molecule has 0 saturated heterocycles. The van der Waals surface area contributed by atoms with Gasteiger partial charge in [-0.2, -0.15) is 5.10 Å². The van der Waals surface area contributed by atoms with E-state index < -0.39 is 0 Å². The summed E-state index contributed by atoms with van der Waals surface area (Å²) in [6.45, 7) is 0. The van der Waals surface area contributed by atoms with Crippen LogP contribution in [0.25, 0.3) is 0 Å². The Morgan fingerprint density at radius 1 is 1.60 bits per heavy atom. The summed E-state index contributed by atoms with van der Waals surface area (Å²) in [7, 11) is 1.87. The standard InChI is InChI=1S/C10H12ClN3O/c1-14-4-2-7(13-14)6-9(12)8-3-5-15-10(8)11/h2-5,9H,6,12H2,1H3. The van der Waals surface area contributed by atoms with Crippen LogP contribution in [0.4, 0.5) is 0 Å². The van der Waals surface area contributed by atoms with Gasteiger partial charge in [0.25, 0.3) is 0 Å². The van der Waals surface area contributed by atoms with Crippen LogP contribution in [0.3, 0.4) is 0 Å². The first kappa shape index (κ1) is 10.3. The number of furan rings is 1. The number of nitrogens with zero attached hydrogens (tertiary/aromatic N) is 2. The second kappa shape index (κ2) is 4.08. The van der Waals surface area contributed by atoms with Crippen LogP contribution in [0.15, 0.2) is 29.0 Å². The third-order valence-corrected chi connectivity index (χ3v) is 2.55. The Kier molecular flexibility index (Phi) is 2.79. The molecule has 0 amide bonds. The highest BCUT2D eigenvalue weighted by Crippen LogP contribution is 2.24. The molecule has 4 nitrogen and oxygen atoms in total. The first-order valence-electron chi connectivity index (χ1n) is 4.64. The van der Waals surface area contributed by atoms with Gasteiger partial charge in [0.2, 0.25) is 0 Å². The Morgan fingerprint density at radius 3 is 2.93 bits per heavy atom. The molecule has 15 heavy (non-hydrogen) atoms. The molecule has 1 atom stereocenters. The van der Waals surface area contributed by atoms with E-state index in [0.717, 1.165) is 11.3 Å². The van der Waals surface area contributed by atoms with Gasteiger partial charge in [0.15, 0.2) is 5.22 Å². The van der Waals surface area contributed by atoms with Crippen LogP contribution in [0.5, 0.6) is 0 Å². The largest absolute Gasteiger partial charge is 0.453 e. The van der Waals surface area contributed by atoms with Crippen molar-refractivity contribution < 1.29 is 4.42 Å². The third kappa shape index (κ3) is 2.22. The van der Waals surface area contributed by atoms with Crippen molar-refractivity contribution in [1.82, 2.24) is 9.78 Å². The second-order valence-corrected chi connectivity index (χ2v) is 3.78. The Bertz CT molecular complexity index is 449. The maximum Gasteiger partial charge on any atom is 0.197 e. The SMILES string of the molecule is Cn1ccc(CC(N)c2ccoc2Cl)n1. The highest BCUT2D eigenvalue weighted by atomic mass is 35.5. The molecule has 0 aliphatic carbocycles. The monoisotopic (exact) mass is 225 g/mol. The van der Waals surface area contributed by atoms with Crippen LogP contribution in [0.2, 0.25) is 5.22 Å². The van der Waals surface area contributed by atoms with Crippen molar-refractivity contribution >= 4 is 11.6 Å². The molecule has 0 aliphatic rings. The molecule has 0 saturated carbocycles. The van der Waals surface area contributed by atoms with Gasteiger partial charge in [-0.15, -0.1) is 0 Å². The minimum Gasteiger partial charge on any atom is -0.453 e. The maximum absolute atomic E-state index is 5.99. The molecule has 5 heteroatoms. The number of aromatic nitrogens is 2. The predicted octanol–water partition coefficient (Wildman–Crippen LogP) is 1.91. The summed E-state index contributed by atoms with van der Waals surface area (Å²) in [6, 6.07) is 3.55. The minimum atomic E-state index is -0.175. The van der Waals surface area contributed by atoms with E-state index in [-0.39, 0.29) is 6.04 Å². The maximum atomic E-state index is 5.99. The topological polar surface area (TPSA) is 57.0 Å². The summed E-state index contributed by atoms with van der Waals surface area (Å²) in [5.74, 6) is 0. The molecule has 2 aromatic rings. The summed E-state index contributed by atoms with van der Waals surface area (Å²) >= 11 is 5.83. The fourth-order valence-corrected chi connectivity index (χ4v) is 1.73. The number of hydrogen-bond acceptors (Lipinski definition) is 3. The van der Waals surface area contributed by atoms with E-state index in [1.54, 1.807) is 10.7 Å². The average Bonchev–Trinajstić information content (AvgIpc) is 2.75. The van der Waals surface area contributed by atoms with Crippen molar-refractivity contribution in [2.75, 3.05) is 0 Å². The lowest BCUT2D eigenvalue weighted by molar-refractivity contribution is 0.559. The second-order valence-electron chi connectivity index (χ2n) is 3.44. The molecule has 2 N–H and O–H groups in total. The number of halogens is 1. The van der Waals surface area contributed by atoms with Crippen LogP contribution in [-0.2, 0) is 13.5 Å². The van der Waals surface area contributed by atoms with E-state index in [4.69, 9.17) is 21.8 Å². The number of aryl methyl sites for hydroxylation is 1. The lowest BCUT2D eigenvalue weighted by Gasteiger charge is -2.07. The van der Waals surface area contributed by atoms with Crippen LogP contribution >= 0.6 is 11.6 Å². The van der Waals surface area contributed by atoms with E-state index in [1.165, 1.54) is 6.26 Å². The first-order chi connectivity index (χ1) is 7.16. The molecule has 80 valence electrons. The van der Waals surface area contributed by atoms with Gasteiger partial charge in [0, 0.05) is 31.3 Å². The van der Waals surface area contributed by atoms with Gasteiger partial charge >= 0.3 is 0 Å². The molecule has 0 aliphatic heterocycles. The summed E-state index contributed by atoms with van der Waals surface area (Å²) < 4.78 is 6.74. The van der Waals surface area contributed by atoms with Crippen LogP contribution in [0, 0.1) is 0 Å². The zero-order valence-electron chi connectivity index (χ0n) is 8.35. The molecule has 2 rings (SSSR count). The summed E-state index contributed by atoms with van der Waals surface area (Å²) in [4.78, 5) is 0. The van der Waals surface area contributed by atoms with Crippen molar-refractivity contribution in [1.29, 1.82) is 0 Å². The highest BCUT2D eigenvalue weighted by molar-refractivity contribution is 6.29. The Balaban J connectivity index is 2.10. The molecule has 0 radical (unpaired) electrons. The van der Waals surface area contributed by atoms with E-state index in [9.17, 15) is 0 Å². The molecule has 2 heterocycles. The van der Waals surface area contributed by atoms with Crippen molar-refractivity contribution in [3.63, 3.8) is 0 Å². The minimum absolute atomic E-state index is 0.175. The van der Waals surface area contributed by atoms with Crippen LogP contribution in [-0.4, -0.2) is 9.78 Å². The Labute approximate surface area is 92.6 Å². The lowest BCUT2D eigenvalue weighted by Crippen LogP contribution is -2.13. The summed E-state index contributed by atoms with van der Waals surface area (Å²) in [6.07, 6.45) is 4.08. The first-order valence-corrected chi connectivity index (χ1v) is 5.01. The number of hydrogen-bond donors (Lipinski definition) is 1. The summed E-state index contributed by atoms with van der Waals surface area (Å²) in [5, 5.41) is 4.61. The molecular formula is C10H12ClN3O. The molecule has 2 aromatic heterocycles. The van der Waals surface area contributed by atoms with Gasteiger partial charge in [0.1, 0.15) is 0 Å². The zero-order valence-corrected chi connectivity index (χ0v) is 9.11. The number of rotatable bonds is 3. The fourth-order valence-electron chi connectivity index (χ4n) is 1.48. The van der Waals surface area contributed by atoms with Crippen molar-refractivity contribution in [2.24, 2.45) is 12.8 Å². The molecular weight excluding hydrogens is 214 g/mol. The molecule has 1 unspecified atom stereocenters. The van der Waals surface area contributed by atoms with E-state index in [1.807, 2.05) is 19.3 Å². The molecule has 0 fully saturated rings. The quantitative estimate of drug-likeness (QED) is 0.868. The fraction of sp³-hybridized carbons (Fsp3) is 0.300. The zero-order chi connectivity index (χ0) is 10.8. The van der Waals surface area contributed by atoms with Gasteiger partial charge in [-0.25, -0.2) is 0 Å². The smallest absolute Gasteiger partial charge is 0.197 e. The highest BCUT2D eigenvalue weighted by Gasteiger charge is 2.14. The van der Waals surface area contributed by atoms with Crippen molar-refractivity contribution in [2.45, 2.75) is 12.5 Å². The van der Waals surface area contributed by atoms with Gasteiger partial charge in [0.05, 0.1) is 12.0 Å². The van der Waals surface area contributed by atoms with Crippen LogP contribution < -0.4 is 5.73 Å². The Hall–Kier alpha value is -1.26. The van der Waals surface area contributed by atoms with E-state index in [2.05, 4.69) is 5.10 Å². The summed E-state index contributed by atoms with van der Waals surface area (Å²) in [5.41, 5.74) is 7.76. The van der Waals surface area contributed by atoms with E-state index >= 15 is 0 Å². The third-order valence-electron chi connectivity index (χ3n) is 2.24. The predicted molar refractivity (Wildman–Crippen MR) is 57.6 cm³/mol. The van der Waals surface area contributed by atoms with Gasteiger partial charge in [-0.3, -0.25) is 4.68 Å². The molecule has 0 bridgehead atoms. The Morgan fingerprint density at radius 2 is 2.40 bits per heavy atom. The average molecular weight is 226 g/mol. The van der Waals surface area contributed by atoms with Gasteiger partial charge < -0.3 is 10.2 Å². The number of nitrogens with two attached hydrogens (primary N) is 1. The molecule has 0 aromatic carbocycles. The van der Waals surface area contributed by atoms with E-state index in [0.29, 0.717) is 11.6 Å². The normalized spacial score (nSPS) is 13.0. The van der Waals surface area contributed by atoms with Crippen molar-refractivity contribution in [3.8, 4) is 0 Å². The van der Waals surface area contributed by atoms with Gasteiger partial charge in [-0.05, 0) is 23.7 Å². The van der Waals surface area contributed by atoms with Crippen LogP contribution in [0.1, 0.15) is 17.3 Å². The lowest BCUT2D eigenvalue weighted by atomic mass is 10.1. The molecule has 0 spiro atoms. The van der Waals surface area contributed by atoms with Gasteiger partial charge in [-0.1, -0.05) is 0 Å². The van der Waals surface area contributed by atoms with Crippen molar-refractivity contribution in [3.05, 3.63) is 41.1 Å².